The number of amides is 1. The van der Waals surface area contributed by atoms with Crippen LogP contribution in [-0.4, -0.2) is 35.6 Å². The molecule has 4 rings (SSSR count). The van der Waals surface area contributed by atoms with E-state index in [0.29, 0.717) is 29.6 Å². The first kappa shape index (κ1) is 19.5. The molecule has 0 spiro atoms. The zero-order valence-electron chi connectivity index (χ0n) is 16.4. The van der Waals surface area contributed by atoms with Crippen molar-refractivity contribution in [3.8, 4) is 5.75 Å². The Bertz CT molecular complexity index is 1030. The maximum atomic E-state index is 12.8. The van der Waals surface area contributed by atoms with E-state index in [-0.39, 0.29) is 22.7 Å². The molecule has 1 unspecified atom stereocenters. The summed E-state index contributed by atoms with van der Waals surface area (Å²) in [7, 11) is 0. The number of carbonyl (C=O) groups is 1. The second-order valence-corrected chi connectivity index (χ2v) is 7.42. The van der Waals surface area contributed by atoms with Crippen molar-refractivity contribution in [1.82, 2.24) is 15.3 Å². The summed E-state index contributed by atoms with van der Waals surface area (Å²) in [6.07, 6.45) is 3.68. The minimum absolute atomic E-state index is 0.168. The molecule has 1 aliphatic heterocycles. The van der Waals surface area contributed by atoms with Crippen molar-refractivity contribution in [1.29, 1.82) is 0 Å². The Balaban J connectivity index is 1.54. The third kappa shape index (κ3) is 4.00. The summed E-state index contributed by atoms with van der Waals surface area (Å²) in [5.74, 6) is 1.49. The van der Waals surface area contributed by atoms with E-state index in [1.807, 2.05) is 38.1 Å². The first-order valence-corrected chi connectivity index (χ1v) is 10.2. The molecule has 3 aromatic rings. The highest BCUT2D eigenvalue weighted by Crippen LogP contribution is 2.31. The molecule has 152 valence electrons. The quantitative estimate of drug-likeness (QED) is 0.645. The zero-order valence-corrected chi connectivity index (χ0v) is 17.2. The van der Waals surface area contributed by atoms with Gasteiger partial charge in [-0.3, -0.25) is 4.79 Å². The number of nitrogens with zero attached hydrogens (tertiary/aromatic N) is 3. The van der Waals surface area contributed by atoms with Gasteiger partial charge in [-0.2, -0.15) is 0 Å². The van der Waals surface area contributed by atoms with Crippen LogP contribution in [0, 0.1) is 0 Å². The summed E-state index contributed by atoms with van der Waals surface area (Å²) in [6, 6.07) is 7.26. The summed E-state index contributed by atoms with van der Waals surface area (Å²) in [4.78, 5) is 23.6. The minimum Gasteiger partial charge on any atom is -0.490 e. The van der Waals surface area contributed by atoms with Gasteiger partial charge >= 0.3 is 0 Å². The van der Waals surface area contributed by atoms with Gasteiger partial charge in [0.25, 0.3) is 5.91 Å². The second-order valence-electron chi connectivity index (χ2n) is 7.01. The van der Waals surface area contributed by atoms with Crippen molar-refractivity contribution >= 4 is 34.4 Å². The molecule has 8 heteroatoms. The van der Waals surface area contributed by atoms with Gasteiger partial charge < -0.3 is 19.4 Å². The first-order valence-electron chi connectivity index (χ1n) is 9.80. The van der Waals surface area contributed by atoms with Crippen LogP contribution >= 0.6 is 11.6 Å². The van der Waals surface area contributed by atoms with Crippen LogP contribution in [0.1, 0.15) is 49.0 Å². The number of benzene rings is 1. The number of furan rings is 1. The third-order valence-electron chi connectivity index (χ3n) is 4.94. The minimum atomic E-state index is -0.370. The number of nitrogens with one attached hydrogen (secondary N) is 1. The zero-order chi connectivity index (χ0) is 20.4. The summed E-state index contributed by atoms with van der Waals surface area (Å²) >= 11 is 6.20. The fourth-order valence-corrected chi connectivity index (χ4v) is 3.64. The van der Waals surface area contributed by atoms with Crippen molar-refractivity contribution in [2.24, 2.45) is 0 Å². The largest absolute Gasteiger partial charge is 0.490 e. The fraction of sp³-hybridized carbons (Fsp3) is 0.381. The number of hydrogen-bond donors (Lipinski definition) is 1. The number of aromatic nitrogens is 2. The van der Waals surface area contributed by atoms with Gasteiger partial charge in [0, 0.05) is 18.5 Å². The lowest BCUT2D eigenvalue weighted by Gasteiger charge is -2.17. The Kier molecular flexibility index (Phi) is 5.58. The molecule has 1 aliphatic rings. The first-order chi connectivity index (χ1) is 14.1. The van der Waals surface area contributed by atoms with Crippen molar-refractivity contribution in [2.45, 2.75) is 32.7 Å². The molecule has 2 aromatic heterocycles. The molecule has 0 aliphatic carbocycles. The molecule has 0 bridgehead atoms. The number of halogens is 1. The van der Waals surface area contributed by atoms with Crippen LogP contribution < -0.4 is 15.0 Å². The van der Waals surface area contributed by atoms with E-state index in [0.717, 1.165) is 31.3 Å². The predicted octanol–water partition coefficient (Wildman–Crippen LogP) is 4.37. The van der Waals surface area contributed by atoms with Gasteiger partial charge in [0.15, 0.2) is 17.0 Å². The van der Waals surface area contributed by atoms with Crippen LogP contribution in [-0.2, 0) is 0 Å². The Hall–Kier alpha value is -2.80. The molecule has 3 heterocycles. The van der Waals surface area contributed by atoms with Gasteiger partial charge in [-0.15, -0.1) is 0 Å². The van der Waals surface area contributed by atoms with Crippen LogP contribution in [0.3, 0.4) is 0 Å². The van der Waals surface area contributed by atoms with E-state index in [9.17, 15) is 4.79 Å². The number of carbonyl (C=O) groups excluding carboxylic acids is 1. The van der Waals surface area contributed by atoms with Crippen LogP contribution in [0.15, 0.2) is 34.9 Å². The van der Waals surface area contributed by atoms with Gasteiger partial charge in [-0.25, -0.2) is 9.97 Å². The van der Waals surface area contributed by atoms with Crippen molar-refractivity contribution < 1.29 is 13.9 Å². The lowest BCUT2D eigenvalue weighted by atomic mass is 10.2. The van der Waals surface area contributed by atoms with Gasteiger partial charge in [0.2, 0.25) is 5.95 Å². The molecular weight excluding hydrogens is 392 g/mol. The maximum Gasteiger partial charge on any atom is 0.272 e. The van der Waals surface area contributed by atoms with Crippen LogP contribution in [0.2, 0.25) is 5.02 Å². The summed E-state index contributed by atoms with van der Waals surface area (Å²) in [6.45, 7) is 6.10. The molecule has 1 fully saturated rings. The number of ether oxygens (including phenoxy) is 1. The molecule has 1 atom stereocenters. The normalized spacial score (nSPS) is 14.9. The molecule has 1 aromatic carbocycles. The number of hydrogen-bond acceptors (Lipinski definition) is 6. The van der Waals surface area contributed by atoms with Crippen molar-refractivity contribution in [3.05, 3.63) is 46.9 Å². The maximum absolute atomic E-state index is 12.8. The Morgan fingerprint density at radius 2 is 2.17 bits per heavy atom. The van der Waals surface area contributed by atoms with Crippen LogP contribution in [0.5, 0.6) is 5.75 Å². The average molecular weight is 415 g/mol. The molecule has 0 saturated carbocycles. The smallest absolute Gasteiger partial charge is 0.272 e. The lowest BCUT2D eigenvalue weighted by molar-refractivity contribution is 0.0930. The molecule has 1 saturated heterocycles. The summed E-state index contributed by atoms with van der Waals surface area (Å²) in [5.41, 5.74) is 0.836. The molecular formula is C21H23ClN4O3. The average Bonchev–Trinajstić information content (AvgIpc) is 3.39. The van der Waals surface area contributed by atoms with Crippen molar-refractivity contribution in [2.75, 3.05) is 24.6 Å². The summed E-state index contributed by atoms with van der Waals surface area (Å²) in [5, 5.41) is 4.06. The SMILES string of the molecule is CCOc1cccc2cc(C(C)NC(=O)c3nc(N4CCCC4)ncc3Cl)oc12. The summed E-state index contributed by atoms with van der Waals surface area (Å²) < 4.78 is 11.6. The Morgan fingerprint density at radius 3 is 2.93 bits per heavy atom. The van der Waals surface area contributed by atoms with Crippen LogP contribution in [0.4, 0.5) is 5.95 Å². The standard InChI is InChI=1S/C21H23ClN4O3/c1-3-28-16-8-6-7-14-11-17(29-19(14)16)13(2)24-20(27)18-15(22)12-23-21(25-18)26-9-4-5-10-26/h6-8,11-13H,3-5,9-10H2,1-2H3,(H,24,27). The number of para-hydroxylation sites is 1. The molecule has 7 nitrogen and oxygen atoms in total. The second kappa shape index (κ2) is 8.29. The van der Waals surface area contributed by atoms with Gasteiger partial charge in [-0.05, 0) is 38.8 Å². The lowest BCUT2D eigenvalue weighted by Crippen LogP contribution is -2.29. The van der Waals surface area contributed by atoms with E-state index in [1.165, 1.54) is 6.20 Å². The van der Waals surface area contributed by atoms with E-state index in [4.69, 9.17) is 20.8 Å². The number of anilines is 1. The number of fused-ring (bicyclic) bond motifs is 1. The Morgan fingerprint density at radius 1 is 1.38 bits per heavy atom. The highest BCUT2D eigenvalue weighted by Gasteiger charge is 2.22. The predicted molar refractivity (Wildman–Crippen MR) is 112 cm³/mol. The third-order valence-corrected chi connectivity index (χ3v) is 5.21. The molecule has 29 heavy (non-hydrogen) atoms. The van der Waals surface area contributed by atoms with E-state index >= 15 is 0 Å². The number of rotatable bonds is 6. The monoisotopic (exact) mass is 414 g/mol. The van der Waals surface area contributed by atoms with Gasteiger partial charge in [-0.1, -0.05) is 23.7 Å². The van der Waals surface area contributed by atoms with Crippen LogP contribution in [0.25, 0.3) is 11.0 Å². The van der Waals surface area contributed by atoms with Gasteiger partial charge in [0.1, 0.15) is 5.76 Å². The molecule has 0 radical (unpaired) electrons. The highest BCUT2D eigenvalue weighted by molar-refractivity contribution is 6.33. The van der Waals surface area contributed by atoms with E-state index in [1.54, 1.807) is 0 Å². The van der Waals surface area contributed by atoms with E-state index < -0.39 is 0 Å². The topological polar surface area (TPSA) is 80.5 Å². The molecule has 1 amide bonds. The Labute approximate surface area is 174 Å². The van der Waals surface area contributed by atoms with E-state index in [2.05, 4.69) is 20.2 Å². The molecule has 1 N–H and O–H groups in total. The fourth-order valence-electron chi connectivity index (χ4n) is 3.46. The highest BCUT2D eigenvalue weighted by atomic mass is 35.5. The van der Waals surface area contributed by atoms with Crippen molar-refractivity contribution in [3.63, 3.8) is 0 Å². The van der Waals surface area contributed by atoms with Gasteiger partial charge in [0.05, 0.1) is 23.9 Å².